The molecule has 1 aliphatic heterocycles. The third-order valence-corrected chi connectivity index (χ3v) is 6.70. The highest BCUT2D eigenvalue weighted by Gasteiger charge is 2.22. The van der Waals surface area contributed by atoms with Gasteiger partial charge in [-0.15, -0.1) is 0 Å². The Morgan fingerprint density at radius 3 is 2.58 bits per heavy atom. The minimum atomic E-state index is -1.09. The quantitative estimate of drug-likeness (QED) is 0.586. The maximum atomic E-state index is 5.50. The first-order chi connectivity index (χ1) is 8.97. The molecule has 0 fully saturated rings. The van der Waals surface area contributed by atoms with E-state index in [1.807, 2.05) is 18.2 Å². The van der Waals surface area contributed by atoms with Crippen LogP contribution in [0.3, 0.4) is 0 Å². The van der Waals surface area contributed by atoms with Crippen LogP contribution in [0.5, 0.6) is 0 Å². The van der Waals surface area contributed by atoms with Crippen molar-refractivity contribution in [2.24, 2.45) is 5.16 Å². The number of benzene rings is 1. The Labute approximate surface area is 117 Å². The van der Waals surface area contributed by atoms with Crippen LogP contribution in [0, 0.1) is 0 Å². The summed E-state index contributed by atoms with van der Waals surface area (Å²) in [4.78, 5) is 5.50. The van der Waals surface area contributed by atoms with E-state index in [0.29, 0.717) is 5.54 Å². The van der Waals surface area contributed by atoms with Crippen LogP contribution in [0.15, 0.2) is 47.6 Å². The maximum Gasteiger partial charge on any atom is 0.151 e. The molecule has 2 atom stereocenters. The Hall–Kier alpha value is -1.35. The predicted molar refractivity (Wildman–Crippen MR) is 84.4 cm³/mol. The second-order valence-corrected chi connectivity index (χ2v) is 11.9. The van der Waals surface area contributed by atoms with E-state index in [1.165, 1.54) is 0 Å². The first-order valence-corrected chi connectivity index (χ1v) is 10.5. The van der Waals surface area contributed by atoms with Crippen molar-refractivity contribution >= 4 is 13.8 Å². The summed E-state index contributed by atoms with van der Waals surface area (Å²) in [6.07, 6.45) is 5.47. The van der Waals surface area contributed by atoms with Gasteiger partial charge in [0.2, 0.25) is 0 Å². The maximum absolute atomic E-state index is 5.50. The topological polar surface area (TPSA) is 21.6 Å². The van der Waals surface area contributed by atoms with Gasteiger partial charge in [-0.2, -0.15) is 0 Å². The third kappa shape index (κ3) is 3.80. The summed E-state index contributed by atoms with van der Waals surface area (Å²) >= 11 is 0. The van der Waals surface area contributed by atoms with Gasteiger partial charge in [-0.25, -0.2) is 0 Å². The van der Waals surface area contributed by atoms with Crippen LogP contribution in [0.2, 0.25) is 25.2 Å². The average Bonchev–Trinajstić information content (AvgIpc) is 2.84. The minimum Gasteiger partial charge on any atom is -0.388 e. The fourth-order valence-electron chi connectivity index (χ4n) is 1.88. The largest absolute Gasteiger partial charge is 0.388 e. The van der Waals surface area contributed by atoms with Gasteiger partial charge in [0.25, 0.3) is 0 Å². The molecule has 0 unspecified atom stereocenters. The highest BCUT2D eigenvalue weighted by atomic mass is 28.3. The summed E-state index contributed by atoms with van der Waals surface area (Å²) in [5.41, 5.74) is 2.88. The van der Waals surface area contributed by atoms with Crippen LogP contribution in [0.1, 0.15) is 18.9 Å². The molecule has 2 rings (SSSR count). The molecule has 102 valence electrons. The molecule has 0 radical (unpaired) electrons. The van der Waals surface area contributed by atoms with Crippen molar-refractivity contribution in [1.82, 2.24) is 0 Å². The molecule has 0 amide bonds. The second kappa shape index (κ2) is 5.74. The lowest BCUT2D eigenvalue weighted by Crippen LogP contribution is -2.24. The number of oxime groups is 1. The van der Waals surface area contributed by atoms with Gasteiger partial charge < -0.3 is 4.84 Å². The number of hydrogen-bond acceptors (Lipinski definition) is 2. The van der Waals surface area contributed by atoms with Crippen molar-refractivity contribution in [2.45, 2.75) is 44.6 Å². The summed E-state index contributed by atoms with van der Waals surface area (Å²) in [6.45, 7) is 9.48. The summed E-state index contributed by atoms with van der Waals surface area (Å²) in [6, 6.07) is 10.3. The summed E-state index contributed by atoms with van der Waals surface area (Å²) in [7, 11) is -1.09. The van der Waals surface area contributed by atoms with Crippen LogP contribution >= 0.6 is 0 Å². The van der Waals surface area contributed by atoms with Crippen LogP contribution in [0.4, 0.5) is 0 Å². The van der Waals surface area contributed by atoms with Crippen LogP contribution in [0.25, 0.3) is 0 Å². The molecule has 0 spiro atoms. The Kier molecular flexibility index (Phi) is 4.25. The fraction of sp³-hybridized carbons (Fsp3) is 0.438. The van der Waals surface area contributed by atoms with Gasteiger partial charge in [0.05, 0.1) is 13.8 Å². The normalized spacial score (nSPS) is 21.3. The highest BCUT2D eigenvalue weighted by Crippen LogP contribution is 2.24. The second-order valence-electron chi connectivity index (χ2n) is 6.29. The van der Waals surface area contributed by atoms with E-state index >= 15 is 0 Å². The molecule has 19 heavy (non-hydrogen) atoms. The monoisotopic (exact) mass is 273 g/mol. The van der Waals surface area contributed by atoms with E-state index < -0.39 is 8.07 Å². The van der Waals surface area contributed by atoms with Crippen molar-refractivity contribution in [3.05, 3.63) is 48.0 Å². The Balaban J connectivity index is 1.93. The first kappa shape index (κ1) is 14.1. The van der Waals surface area contributed by atoms with Gasteiger partial charge in [-0.05, 0) is 17.2 Å². The predicted octanol–water partition coefficient (Wildman–Crippen LogP) is 4.46. The molecule has 0 aliphatic carbocycles. The van der Waals surface area contributed by atoms with E-state index in [4.69, 9.17) is 4.84 Å². The van der Waals surface area contributed by atoms with Gasteiger partial charge in [0.15, 0.2) is 6.10 Å². The SMILES string of the molecule is C[C@H](/C=C\[C@@H]1CC(c2ccccc2)=NO1)[Si](C)(C)C. The molecule has 0 aromatic heterocycles. The molecule has 0 bridgehead atoms. The van der Waals surface area contributed by atoms with Crippen molar-refractivity contribution < 1.29 is 4.84 Å². The number of hydrogen-bond donors (Lipinski definition) is 0. The van der Waals surface area contributed by atoms with Crippen LogP contribution < -0.4 is 0 Å². The number of rotatable bonds is 4. The molecule has 0 saturated heterocycles. The lowest BCUT2D eigenvalue weighted by molar-refractivity contribution is 0.119. The molecule has 0 saturated carbocycles. The molecule has 1 heterocycles. The lowest BCUT2D eigenvalue weighted by atomic mass is 10.0. The van der Waals surface area contributed by atoms with Crippen LogP contribution in [-0.2, 0) is 4.84 Å². The Morgan fingerprint density at radius 1 is 1.26 bits per heavy atom. The van der Waals surface area contributed by atoms with E-state index in [0.717, 1.165) is 17.7 Å². The van der Waals surface area contributed by atoms with Gasteiger partial charge >= 0.3 is 0 Å². The van der Waals surface area contributed by atoms with Gasteiger partial charge in [0.1, 0.15) is 0 Å². The van der Waals surface area contributed by atoms with Crippen molar-refractivity contribution in [2.75, 3.05) is 0 Å². The smallest absolute Gasteiger partial charge is 0.151 e. The Morgan fingerprint density at radius 2 is 1.95 bits per heavy atom. The van der Waals surface area contributed by atoms with Gasteiger partial charge in [-0.3, -0.25) is 0 Å². The molecule has 1 aromatic carbocycles. The third-order valence-electron chi connectivity index (χ3n) is 3.78. The van der Waals surface area contributed by atoms with Crippen molar-refractivity contribution in [3.63, 3.8) is 0 Å². The molecule has 1 aromatic rings. The summed E-state index contributed by atoms with van der Waals surface area (Å²) in [5, 5.41) is 4.20. The summed E-state index contributed by atoms with van der Waals surface area (Å²) in [5.74, 6) is 0. The molecular formula is C16H23NOSi. The van der Waals surface area contributed by atoms with Crippen molar-refractivity contribution in [1.29, 1.82) is 0 Å². The zero-order valence-corrected chi connectivity index (χ0v) is 13.3. The van der Waals surface area contributed by atoms with Crippen LogP contribution in [-0.4, -0.2) is 19.9 Å². The average molecular weight is 273 g/mol. The fourth-order valence-corrected chi connectivity index (χ4v) is 2.57. The number of nitrogens with zero attached hydrogens (tertiary/aromatic N) is 1. The lowest BCUT2D eigenvalue weighted by Gasteiger charge is -2.22. The summed E-state index contributed by atoms with van der Waals surface area (Å²) < 4.78 is 0. The van der Waals surface area contributed by atoms with E-state index in [-0.39, 0.29) is 6.10 Å². The molecular weight excluding hydrogens is 250 g/mol. The zero-order chi connectivity index (χ0) is 13.9. The standard InChI is InChI=1S/C16H23NOSi/c1-13(19(2,3)4)10-11-15-12-16(17-18-15)14-8-6-5-7-9-14/h5-11,13,15H,12H2,1-4H3/b11-10-/t13-,15-/m1/s1. The van der Waals surface area contributed by atoms with E-state index in [2.05, 4.69) is 56.0 Å². The molecule has 0 N–H and O–H groups in total. The molecule has 1 aliphatic rings. The van der Waals surface area contributed by atoms with Gasteiger partial charge in [-0.1, -0.05) is 68.1 Å². The molecule has 3 heteroatoms. The molecule has 2 nitrogen and oxygen atoms in total. The highest BCUT2D eigenvalue weighted by molar-refractivity contribution is 6.77. The van der Waals surface area contributed by atoms with E-state index in [1.54, 1.807) is 0 Å². The van der Waals surface area contributed by atoms with Gasteiger partial charge in [0, 0.05) is 6.42 Å². The zero-order valence-electron chi connectivity index (χ0n) is 12.3. The Bertz CT molecular complexity index is 473. The minimum absolute atomic E-state index is 0.106. The number of allylic oxidation sites excluding steroid dienone is 1. The first-order valence-electron chi connectivity index (χ1n) is 6.93. The van der Waals surface area contributed by atoms with Crippen molar-refractivity contribution in [3.8, 4) is 0 Å². The van der Waals surface area contributed by atoms with E-state index in [9.17, 15) is 0 Å².